The normalized spacial score (nSPS) is 32.3. The molecule has 6 nitrogen and oxygen atoms in total. The molecule has 0 radical (unpaired) electrons. The number of nitrogens with one attached hydrogen (secondary N) is 1. The van der Waals surface area contributed by atoms with Crippen LogP contribution in [0.1, 0.15) is 73.1 Å². The standard InChI is InChI=1S/C28H46N2O4/c1-7-33-22-10-8-9-20-17-28(29)21(12-11-19(20)15-22)16-24(23(28)13-14-25(31)30-6)34-26(32)27(4,5)18(2)3/h8-10,15,18,21-25,30-31H,7,11-14,16-17,29H2,1-6H3/t21?,22?,23?,24-,25?,28?/m1/s1. The minimum absolute atomic E-state index is 0.00560. The van der Waals surface area contributed by atoms with Crippen LogP contribution in [0.3, 0.4) is 0 Å². The van der Waals surface area contributed by atoms with Crippen molar-refractivity contribution in [3.8, 4) is 0 Å². The summed E-state index contributed by atoms with van der Waals surface area (Å²) in [5.74, 6) is 0.274. The van der Waals surface area contributed by atoms with Crippen LogP contribution in [0.25, 0.3) is 0 Å². The number of fused-ring (bicyclic) bond motifs is 2. The molecule has 3 aliphatic rings. The predicted molar refractivity (Wildman–Crippen MR) is 136 cm³/mol. The number of ether oxygens (including phenoxy) is 2. The Balaban J connectivity index is 1.88. The summed E-state index contributed by atoms with van der Waals surface area (Å²) in [6.45, 7) is 10.7. The fourth-order valence-corrected chi connectivity index (χ4v) is 5.69. The Morgan fingerprint density at radius 1 is 1.35 bits per heavy atom. The Bertz CT molecular complexity index is 815. The van der Waals surface area contributed by atoms with E-state index in [0.29, 0.717) is 19.4 Å². The van der Waals surface area contributed by atoms with Crippen molar-refractivity contribution in [1.29, 1.82) is 0 Å². The largest absolute Gasteiger partial charge is 0.462 e. The molecule has 0 heterocycles. The summed E-state index contributed by atoms with van der Waals surface area (Å²) in [6, 6.07) is 0. The van der Waals surface area contributed by atoms with E-state index in [1.807, 2.05) is 20.8 Å². The smallest absolute Gasteiger partial charge is 0.312 e. The number of rotatable bonds is 9. The van der Waals surface area contributed by atoms with E-state index in [2.05, 4.69) is 43.5 Å². The first-order chi connectivity index (χ1) is 16.0. The van der Waals surface area contributed by atoms with E-state index in [9.17, 15) is 9.90 Å². The maximum absolute atomic E-state index is 13.2. The summed E-state index contributed by atoms with van der Waals surface area (Å²) in [4.78, 5) is 13.2. The van der Waals surface area contributed by atoms with Gasteiger partial charge in [0, 0.05) is 18.1 Å². The number of nitrogens with two attached hydrogens (primary N) is 1. The van der Waals surface area contributed by atoms with Gasteiger partial charge in [-0.05, 0) is 95.4 Å². The summed E-state index contributed by atoms with van der Waals surface area (Å²) >= 11 is 0. The number of hydrogen-bond acceptors (Lipinski definition) is 6. The van der Waals surface area contributed by atoms with Crippen LogP contribution < -0.4 is 11.1 Å². The monoisotopic (exact) mass is 474 g/mol. The van der Waals surface area contributed by atoms with Gasteiger partial charge in [-0.25, -0.2) is 0 Å². The first kappa shape index (κ1) is 27.1. The molecule has 0 aromatic heterocycles. The van der Waals surface area contributed by atoms with Gasteiger partial charge in [-0.3, -0.25) is 10.1 Å². The van der Waals surface area contributed by atoms with Crippen LogP contribution in [0.15, 0.2) is 35.5 Å². The van der Waals surface area contributed by atoms with Crippen molar-refractivity contribution in [2.24, 2.45) is 28.9 Å². The third kappa shape index (κ3) is 5.67. The molecule has 0 aromatic carbocycles. The molecule has 2 fully saturated rings. The summed E-state index contributed by atoms with van der Waals surface area (Å²) in [5.41, 5.74) is 8.85. The van der Waals surface area contributed by atoms with Crippen molar-refractivity contribution in [3.63, 3.8) is 0 Å². The molecule has 192 valence electrons. The molecular formula is C28H46N2O4. The zero-order valence-electron chi connectivity index (χ0n) is 22.0. The predicted octanol–water partition coefficient (Wildman–Crippen LogP) is 4.24. The van der Waals surface area contributed by atoms with Crippen LogP contribution in [0.5, 0.6) is 0 Å². The Hall–Kier alpha value is -1.47. The topological polar surface area (TPSA) is 93.8 Å². The molecule has 34 heavy (non-hydrogen) atoms. The van der Waals surface area contributed by atoms with Crippen molar-refractivity contribution < 1.29 is 19.4 Å². The fraction of sp³-hybridized carbons (Fsp3) is 0.750. The van der Waals surface area contributed by atoms with Gasteiger partial charge in [0.25, 0.3) is 0 Å². The Morgan fingerprint density at radius 3 is 2.74 bits per heavy atom. The van der Waals surface area contributed by atoms with Gasteiger partial charge in [0.2, 0.25) is 0 Å². The van der Waals surface area contributed by atoms with Crippen molar-refractivity contribution in [1.82, 2.24) is 5.32 Å². The van der Waals surface area contributed by atoms with E-state index in [0.717, 1.165) is 25.7 Å². The van der Waals surface area contributed by atoms with E-state index in [1.165, 1.54) is 11.1 Å². The first-order valence-corrected chi connectivity index (χ1v) is 13.1. The molecule has 0 amide bonds. The van der Waals surface area contributed by atoms with Gasteiger partial charge in [-0.2, -0.15) is 0 Å². The molecule has 3 rings (SSSR count). The van der Waals surface area contributed by atoms with E-state index in [-0.39, 0.29) is 35.9 Å². The highest BCUT2D eigenvalue weighted by molar-refractivity contribution is 5.76. The summed E-state index contributed by atoms with van der Waals surface area (Å²) in [5, 5.41) is 13.1. The quantitative estimate of drug-likeness (QED) is 0.342. The second-order valence-electron chi connectivity index (χ2n) is 11.3. The van der Waals surface area contributed by atoms with Crippen LogP contribution in [0, 0.1) is 23.2 Å². The zero-order valence-corrected chi connectivity index (χ0v) is 22.0. The lowest BCUT2D eigenvalue weighted by Crippen LogP contribution is -2.51. The fourth-order valence-electron chi connectivity index (χ4n) is 5.69. The average Bonchev–Trinajstić information content (AvgIpc) is 2.88. The maximum Gasteiger partial charge on any atom is 0.312 e. The molecule has 5 unspecified atom stereocenters. The SMILES string of the molecule is CCOC1C=CC=C2CC3(N)C(CCC2=C1)C[C@@H](OC(=O)C(C)(C)C(C)C)C3CCC(O)NC. The second-order valence-corrected chi connectivity index (χ2v) is 11.3. The van der Waals surface area contributed by atoms with Crippen LogP contribution >= 0.6 is 0 Å². The van der Waals surface area contributed by atoms with Crippen molar-refractivity contribution >= 4 is 5.97 Å². The van der Waals surface area contributed by atoms with Gasteiger partial charge < -0.3 is 20.3 Å². The molecule has 0 aromatic rings. The highest BCUT2D eigenvalue weighted by Crippen LogP contribution is 2.52. The lowest BCUT2D eigenvalue weighted by atomic mass is 9.74. The van der Waals surface area contributed by atoms with E-state index >= 15 is 0 Å². The molecule has 3 aliphatic carbocycles. The van der Waals surface area contributed by atoms with Crippen LogP contribution in [0.2, 0.25) is 0 Å². The molecule has 0 spiro atoms. The lowest BCUT2D eigenvalue weighted by Gasteiger charge is -2.38. The van der Waals surface area contributed by atoms with Crippen LogP contribution in [0.4, 0.5) is 0 Å². The number of allylic oxidation sites excluding steroid dienone is 3. The molecule has 0 saturated heterocycles. The minimum Gasteiger partial charge on any atom is -0.462 e. The molecule has 0 bridgehead atoms. The van der Waals surface area contributed by atoms with Gasteiger partial charge in [-0.15, -0.1) is 0 Å². The Morgan fingerprint density at radius 2 is 2.09 bits per heavy atom. The highest BCUT2D eigenvalue weighted by atomic mass is 16.5. The molecule has 6 atom stereocenters. The summed E-state index contributed by atoms with van der Waals surface area (Å²) < 4.78 is 12.1. The average molecular weight is 475 g/mol. The number of aliphatic hydroxyl groups excluding tert-OH is 1. The van der Waals surface area contributed by atoms with Gasteiger partial charge in [0.15, 0.2) is 0 Å². The Labute approximate surface area is 206 Å². The zero-order chi connectivity index (χ0) is 25.1. The Kier molecular flexibility index (Phi) is 8.83. The number of carbonyl (C=O) groups is 1. The van der Waals surface area contributed by atoms with Crippen LogP contribution in [-0.2, 0) is 14.3 Å². The molecule has 0 aliphatic heterocycles. The molecular weight excluding hydrogens is 428 g/mol. The lowest BCUT2D eigenvalue weighted by molar-refractivity contribution is -0.164. The van der Waals surface area contributed by atoms with E-state index < -0.39 is 17.2 Å². The molecule has 6 heteroatoms. The first-order valence-electron chi connectivity index (χ1n) is 13.1. The van der Waals surface area contributed by atoms with Crippen LogP contribution in [-0.4, -0.2) is 48.7 Å². The number of esters is 1. The third-order valence-electron chi connectivity index (χ3n) is 8.72. The van der Waals surface area contributed by atoms with Gasteiger partial charge in [0.05, 0.1) is 11.5 Å². The van der Waals surface area contributed by atoms with E-state index in [4.69, 9.17) is 15.2 Å². The molecule has 4 N–H and O–H groups in total. The van der Waals surface area contributed by atoms with Gasteiger partial charge >= 0.3 is 5.97 Å². The second kappa shape index (κ2) is 11.1. The minimum atomic E-state index is -0.598. The van der Waals surface area contributed by atoms with E-state index in [1.54, 1.807) is 7.05 Å². The highest BCUT2D eigenvalue weighted by Gasteiger charge is 2.55. The van der Waals surface area contributed by atoms with Crippen molar-refractivity contribution in [2.45, 2.75) is 97.1 Å². The maximum atomic E-state index is 13.2. The number of hydrogen-bond donors (Lipinski definition) is 3. The number of carbonyl (C=O) groups excluding carboxylic acids is 1. The summed E-state index contributed by atoms with van der Waals surface area (Å²) in [7, 11) is 1.75. The van der Waals surface area contributed by atoms with Crippen molar-refractivity contribution in [3.05, 3.63) is 35.5 Å². The van der Waals surface area contributed by atoms with Crippen molar-refractivity contribution in [2.75, 3.05) is 13.7 Å². The third-order valence-corrected chi connectivity index (χ3v) is 8.72. The molecule has 2 saturated carbocycles. The number of aliphatic hydroxyl groups is 1. The van der Waals surface area contributed by atoms with Gasteiger partial charge in [-0.1, -0.05) is 32.1 Å². The summed E-state index contributed by atoms with van der Waals surface area (Å²) in [6.07, 6.45) is 12.5. The van der Waals surface area contributed by atoms with Gasteiger partial charge in [0.1, 0.15) is 12.3 Å².